The summed E-state index contributed by atoms with van der Waals surface area (Å²) in [4.78, 5) is 0. The van der Waals surface area contributed by atoms with E-state index in [9.17, 15) is 0 Å². The van der Waals surface area contributed by atoms with Crippen molar-refractivity contribution in [2.45, 2.75) is 53.4 Å². The molecule has 0 bridgehead atoms. The minimum Gasteiger partial charge on any atom is -0.356 e. The quantitative estimate of drug-likeness (QED) is 0.0848. The van der Waals surface area contributed by atoms with Gasteiger partial charge < -0.3 is 10.6 Å². The number of nitrogens with one attached hydrogen (secondary N) is 2. The molecular weight excluding hydrogens is 729 g/mol. The van der Waals surface area contributed by atoms with Gasteiger partial charge in [-0.1, -0.05) is 183 Å². The van der Waals surface area contributed by atoms with E-state index in [0.717, 1.165) is 35.6 Å². The lowest BCUT2D eigenvalue weighted by molar-refractivity contribution is 0.922. The first-order chi connectivity index (χ1) is 28.9. The molecule has 0 saturated heterocycles. The van der Waals surface area contributed by atoms with Gasteiger partial charge in [-0.3, -0.25) is 0 Å². The van der Waals surface area contributed by atoms with Crippen LogP contribution in [0.3, 0.4) is 0 Å². The fraction of sp³-hybridized carbons (Fsp3) is 0.143. The number of hydrogen-bond donors (Lipinski definition) is 2. The van der Waals surface area contributed by atoms with Crippen LogP contribution in [0.25, 0.3) is 22.3 Å². The molecule has 0 spiro atoms. The molecule has 3 heteroatoms. The molecule has 0 heterocycles. The Labute approximate surface area is 352 Å². The van der Waals surface area contributed by atoms with Gasteiger partial charge in [0.15, 0.2) is 8.07 Å². The molecule has 8 aromatic carbocycles. The number of benzene rings is 8. The lowest BCUT2D eigenvalue weighted by atomic mass is 10.0. The van der Waals surface area contributed by atoms with Crippen LogP contribution in [0.4, 0.5) is 22.7 Å². The summed E-state index contributed by atoms with van der Waals surface area (Å²) < 4.78 is 0. The second kappa shape index (κ2) is 18.0. The van der Waals surface area contributed by atoms with Gasteiger partial charge in [-0.15, -0.1) is 0 Å². The van der Waals surface area contributed by atoms with Crippen molar-refractivity contribution < 1.29 is 0 Å². The second-order valence-corrected chi connectivity index (χ2v) is 19.7. The first-order valence-electron chi connectivity index (χ1n) is 21.2. The Morgan fingerprint density at radius 1 is 0.305 bits per heavy atom. The number of rotatable bonds is 14. The summed E-state index contributed by atoms with van der Waals surface area (Å²) in [6.45, 7) is 8.80. The minimum atomic E-state index is -2.74. The summed E-state index contributed by atoms with van der Waals surface area (Å²) >= 11 is 0. The van der Waals surface area contributed by atoms with Gasteiger partial charge in [0, 0.05) is 22.7 Å². The average molecular weight is 783 g/mol. The molecule has 2 nitrogen and oxygen atoms in total. The monoisotopic (exact) mass is 782 g/mol. The molecule has 2 N–H and O–H groups in total. The zero-order chi connectivity index (χ0) is 40.6. The Morgan fingerprint density at radius 3 is 0.814 bits per heavy atom. The van der Waals surface area contributed by atoms with Crippen LogP contribution in [0.5, 0.6) is 0 Å². The predicted molar refractivity (Wildman–Crippen MR) is 258 cm³/mol. The van der Waals surface area contributed by atoms with Crippen LogP contribution in [0.2, 0.25) is 0 Å². The molecule has 0 unspecified atom stereocenters. The molecule has 0 saturated carbocycles. The van der Waals surface area contributed by atoms with Gasteiger partial charge in [-0.2, -0.15) is 0 Å². The highest BCUT2D eigenvalue weighted by Crippen LogP contribution is 2.26. The molecule has 0 atom stereocenters. The third-order valence-electron chi connectivity index (χ3n) is 11.6. The summed E-state index contributed by atoms with van der Waals surface area (Å²) in [7, 11) is -2.74. The predicted octanol–water partition coefficient (Wildman–Crippen LogP) is 12.4. The first-order valence-corrected chi connectivity index (χ1v) is 23.2. The van der Waals surface area contributed by atoms with Crippen LogP contribution in [-0.2, 0) is 12.8 Å². The Bertz CT molecular complexity index is 2370. The maximum atomic E-state index is 3.68. The van der Waals surface area contributed by atoms with E-state index in [1.807, 2.05) is 0 Å². The number of hydrogen-bond acceptors (Lipinski definition) is 2. The highest BCUT2D eigenvalue weighted by molar-refractivity contribution is 7.19. The highest BCUT2D eigenvalue weighted by atomic mass is 28.3. The lowest BCUT2D eigenvalue weighted by Crippen LogP contribution is -2.74. The minimum absolute atomic E-state index is 1.07. The highest BCUT2D eigenvalue weighted by Gasteiger charge is 2.41. The fourth-order valence-corrected chi connectivity index (χ4v) is 13.0. The van der Waals surface area contributed by atoms with Crippen molar-refractivity contribution in [2.75, 3.05) is 10.6 Å². The summed E-state index contributed by atoms with van der Waals surface area (Å²) in [5.74, 6) is 0. The van der Waals surface area contributed by atoms with Crippen LogP contribution < -0.4 is 31.4 Å². The van der Waals surface area contributed by atoms with Crippen molar-refractivity contribution in [3.8, 4) is 22.3 Å². The first kappa shape index (κ1) is 39.4. The van der Waals surface area contributed by atoms with E-state index in [1.165, 1.54) is 78.1 Å². The van der Waals surface area contributed by atoms with Crippen molar-refractivity contribution in [3.63, 3.8) is 0 Å². The van der Waals surface area contributed by atoms with E-state index in [1.54, 1.807) is 0 Å². The largest absolute Gasteiger partial charge is 0.356 e. The zero-order valence-corrected chi connectivity index (χ0v) is 35.8. The Kier molecular flexibility index (Phi) is 12.0. The van der Waals surface area contributed by atoms with Gasteiger partial charge in [-0.05, 0) is 129 Å². The van der Waals surface area contributed by atoms with Crippen molar-refractivity contribution in [1.29, 1.82) is 0 Å². The molecule has 0 radical (unpaired) electrons. The molecule has 8 rings (SSSR count). The molecule has 0 aliphatic carbocycles. The van der Waals surface area contributed by atoms with Gasteiger partial charge in [0.25, 0.3) is 0 Å². The third kappa shape index (κ3) is 8.87. The summed E-state index contributed by atoms with van der Waals surface area (Å²) in [6.07, 6.45) is 4.57. The molecule has 0 aliphatic rings. The topological polar surface area (TPSA) is 24.1 Å². The van der Waals surface area contributed by atoms with Crippen LogP contribution in [-0.4, -0.2) is 8.07 Å². The molecule has 292 valence electrons. The normalized spacial score (nSPS) is 11.3. The van der Waals surface area contributed by atoms with E-state index in [0.29, 0.717) is 0 Å². The van der Waals surface area contributed by atoms with Crippen LogP contribution in [0.15, 0.2) is 194 Å². The molecule has 8 aromatic rings. The van der Waals surface area contributed by atoms with E-state index in [2.05, 4.69) is 232 Å². The molecular formula is C56H54N2Si. The SMILES string of the molecule is CCCc1ccc(-c2ccc(Nc3ccc([Si](c4ccc(C)cc4)(c4ccc(C)cc4)c4ccc(Nc5ccc(-c6ccc(CCC)cc6)cc5)cc4)cc3)cc2)cc1. The number of anilines is 4. The van der Waals surface area contributed by atoms with Gasteiger partial charge in [0.1, 0.15) is 0 Å². The van der Waals surface area contributed by atoms with Gasteiger partial charge in [0.05, 0.1) is 0 Å². The Balaban J connectivity index is 1.09. The molecule has 0 amide bonds. The summed E-state index contributed by atoms with van der Waals surface area (Å²) in [6, 6.07) is 72.4. The summed E-state index contributed by atoms with van der Waals surface area (Å²) in [5.41, 5.74) is 14.5. The fourth-order valence-electron chi connectivity index (χ4n) is 8.34. The van der Waals surface area contributed by atoms with Gasteiger partial charge in [-0.25, -0.2) is 0 Å². The third-order valence-corrected chi connectivity index (χ3v) is 16.4. The maximum absolute atomic E-state index is 3.68. The van der Waals surface area contributed by atoms with Crippen molar-refractivity contribution >= 4 is 51.6 Å². The van der Waals surface area contributed by atoms with Crippen molar-refractivity contribution in [3.05, 3.63) is 216 Å². The van der Waals surface area contributed by atoms with E-state index < -0.39 is 8.07 Å². The molecule has 59 heavy (non-hydrogen) atoms. The second-order valence-electron chi connectivity index (χ2n) is 15.9. The van der Waals surface area contributed by atoms with E-state index in [4.69, 9.17) is 0 Å². The van der Waals surface area contributed by atoms with E-state index in [-0.39, 0.29) is 0 Å². The smallest absolute Gasteiger partial charge is 0.179 e. The Morgan fingerprint density at radius 2 is 0.542 bits per heavy atom. The molecule has 0 aromatic heterocycles. The lowest BCUT2D eigenvalue weighted by Gasteiger charge is -2.35. The van der Waals surface area contributed by atoms with Crippen molar-refractivity contribution in [1.82, 2.24) is 0 Å². The van der Waals surface area contributed by atoms with Crippen LogP contribution in [0.1, 0.15) is 48.9 Å². The van der Waals surface area contributed by atoms with Crippen LogP contribution in [0, 0.1) is 13.8 Å². The molecule has 0 aliphatic heterocycles. The standard InChI is InChI=1S/C56H54N2Si/c1-5-7-43-13-17-45(18-14-43)47-21-25-49(26-22-47)57-51-29-37-55(38-30-51)59(53-33-9-41(3)10-34-53,54-35-11-42(4)12-36-54)56-39-31-52(32-40-56)58-50-27-23-48(24-28-50)46-19-15-44(8-6-2)16-20-46/h9-40,57-58H,5-8H2,1-4H3. The van der Waals surface area contributed by atoms with Gasteiger partial charge in [0.2, 0.25) is 0 Å². The zero-order valence-electron chi connectivity index (χ0n) is 34.8. The molecule has 0 fully saturated rings. The maximum Gasteiger partial charge on any atom is 0.179 e. The van der Waals surface area contributed by atoms with E-state index >= 15 is 0 Å². The van der Waals surface area contributed by atoms with Crippen molar-refractivity contribution in [2.24, 2.45) is 0 Å². The van der Waals surface area contributed by atoms with Gasteiger partial charge >= 0.3 is 0 Å². The Hall–Kier alpha value is -6.42. The average Bonchev–Trinajstić information content (AvgIpc) is 3.27. The summed E-state index contributed by atoms with van der Waals surface area (Å²) in [5, 5.41) is 12.8. The van der Waals surface area contributed by atoms with Crippen LogP contribution >= 0.6 is 0 Å². The number of aryl methyl sites for hydroxylation is 4.